The van der Waals surface area contributed by atoms with Gasteiger partial charge in [0.25, 0.3) is 0 Å². The monoisotopic (exact) mass is 404 g/mol. The maximum atomic E-state index is 11.0. The van der Waals surface area contributed by atoms with Crippen LogP contribution in [0, 0.1) is 0 Å². The molecular formula is C13H10Br2O5. The molecule has 0 spiro atoms. The fourth-order valence-electron chi connectivity index (χ4n) is 2.20. The Hall–Kier alpha value is -1.34. The molecule has 0 radical (unpaired) electrons. The molecule has 2 N–H and O–H groups in total. The van der Waals surface area contributed by atoms with E-state index in [9.17, 15) is 9.59 Å². The van der Waals surface area contributed by atoms with Gasteiger partial charge >= 0.3 is 11.9 Å². The smallest absolute Gasteiger partial charge is 0.303 e. The van der Waals surface area contributed by atoms with Crippen LogP contribution in [0.2, 0.25) is 0 Å². The molecule has 0 atom stereocenters. The second-order valence-corrected chi connectivity index (χ2v) is 6.02. The van der Waals surface area contributed by atoms with E-state index in [2.05, 4.69) is 31.9 Å². The van der Waals surface area contributed by atoms with Crippen molar-refractivity contribution in [1.29, 1.82) is 0 Å². The Kier molecular flexibility index (Phi) is 4.49. The molecule has 2 aromatic rings. The molecule has 0 amide bonds. The zero-order valence-electron chi connectivity index (χ0n) is 10.1. The molecule has 0 unspecified atom stereocenters. The van der Waals surface area contributed by atoms with Gasteiger partial charge in [-0.15, -0.1) is 0 Å². The minimum atomic E-state index is -1.04. The molecule has 0 saturated heterocycles. The van der Waals surface area contributed by atoms with Crippen LogP contribution in [-0.2, 0) is 9.59 Å². The number of furan rings is 1. The minimum absolute atomic E-state index is 0.257. The van der Waals surface area contributed by atoms with Crippen LogP contribution in [-0.4, -0.2) is 22.2 Å². The summed E-state index contributed by atoms with van der Waals surface area (Å²) in [6, 6.07) is 3.44. The fraction of sp³-hybridized carbons (Fsp3) is 0.231. The second-order valence-electron chi connectivity index (χ2n) is 4.31. The number of halogens is 2. The predicted molar refractivity (Wildman–Crippen MR) is 78.9 cm³/mol. The van der Waals surface area contributed by atoms with Gasteiger partial charge in [-0.2, -0.15) is 0 Å². The van der Waals surface area contributed by atoms with Crippen LogP contribution in [0.15, 0.2) is 31.8 Å². The number of benzene rings is 1. The summed E-state index contributed by atoms with van der Waals surface area (Å²) in [6.07, 6.45) is 0.976. The van der Waals surface area contributed by atoms with Crippen molar-refractivity contribution in [3.8, 4) is 0 Å². The summed E-state index contributed by atoms with van der Waals surface area (Å²) in [7, 11) is 0. The lowest BCUT2D eigenvalue weighted by Gasteiger charge is -2.16. The van der Waals surface area contributed by atoms with Crippen LogP contribution < -0.4 is 0 Å². The van der Waals surface area contributed by atoms with Crippen LogP contribution in [0.4, 0.5) is 0 Å². The molecule has 1 aromatic heterocycles. The highest BCUT2D eigenvalue weighted by molar-refractivity contribution is 9.11. The van der Waals surface area contributed by atoms with Gasteiger partial charge < -0.3 is 14.6 Å². The van der Waals surface area contributed by atoms with Crippen molar-refractivity contribution in [3.63, 3.8) is 0 Å². The van der Waals surface area contributed by atoms with E-state index in [1.165, 1.54) is 6.26 Å². The molecule has 0 aliphatic heterocycles. The molecule has 0 aliphatic carbocycles. The summed E-state index contributed by atoms with van der Waals surface area (Å²) in [5.41, 5.74) is 1.21. The Labute approximate surface area is 130 Å². The molecule has 7 heteroatoms. The van der Waals surface area contributed by atoms with Gasteiger partial charge in [-0.1, -0.05) is 15.9 Å². The van der Waals surface area contributed by atoms with Crippen LogP contribution in [0.5, 0.6) is 0 Å². The summed E-state index contributed by atoms with van der Waals surface area (Å²) < 4.78 is 6.72. The zero-order valence-corrected chi connectivity index (χ0v) is 13.3. The first-order chi connectivity index (χ1) is 9.40. The Morgan fingerprint density at radius 3 is 2.30 bits per heavy atom. The Morgan fingerprint density at radius 2 is 1.75 bits per heavy atom. The Morgan fingerprint density at radius 1 is 1.15 bits per heavy atom. The molecule has 20 heavy (non-hydrogen) atoms. The van der Waals surface area contributed by atoms with E-state index < -0.39 is 17.9 Å². The van der Waals surface area contributed by atoms with Gasteiger partial charge in [-0.25, -0.2) is 0 Å². The molecule has 106 valence electrons. The van der Waals surface area contributed by atoms with E-state index in [0.29, 0.717) is 21.0 Å². The average Bonchev–Trinajstić information content (AvgIpc) is 2.76. The third kappa shape index (κ3) is 3.04. The highest BCUT2D eigenvalue weighted by atomic mass is 79.9. The molecule has 1 aromatic carbocycles. The number of hydrogen-bond donors (Lipinski definition) is 2. The van der Waals surface area contributed by atoms with E-state index in [4.69, 9.17) is 14.6 Å². The first kappa shape index (κ1) is 15.1. The molecule has 5 nitrogen and oxygen atoms in total. The number of carboxylic acids is 2. The first-order valence-electron chi connectivity index (χ1n) is 5.68. The largest absolute Gasteiger partial charge is 0.481 e. The van der Waals surface area contributed by atoms with E-state index in [1.54, 1.807) is 12.1 Å². The summed E-state index contributed by atoms with van der Waals surface area (Å²) >= 11 is 6.73. The Balaban J connectivity index is 2.59. The molecule has 1 heterocycles. The van der Waals surface area contributed by atoms with Crippen molar-refractivity contribution >= 4 is 54.8 Å². The summed E-state index contributed by atoms with van der Waals surface area (Å²) in [5.74, 6) is -2.71. The summed E-state index contributed by atoms with van der Waals surface area (Å²) in [5, 5.41) is 18.7. The number of rotatable bonds is 5. The van der Waals surface area contributed by atoms with Crippen LogP contribution in [0.25, 0.3) is 11.0 Å². The van der Waals surface area contributed by atoms with Crippen molar-refractivity contribution in [1.82, 2.24) is 0 Å². The number of aliphatic carboxylic acids is 2. The minimum Gasteiger partial charge on any atom is -0.481 e. The summed E-state index contributed by atoms with van der Waals surface area (Å²) in [6.45, 7) is 0. The molecule has 0 fully saturated rings. The van der Waals surface area contributed by atoms with Gasteiger partial charge in [-0.3, -0.25) is 9.59 Å². The summed E-state index contributed by atoms with van der Waals surface area (Å²) in [4.78, 5) is 22.0. The predicted octanol–water partition coefficient (Wildman–Crippen LogP) is 3.99. The van der Waals surface area contributed by atoms with Gasteiger partial charge in [0.05, 0.1) is 23.6 Å². The number of carbonyl (C=O) groups is 2. The lowest BCUT2D eigenvalue weighted by Crippen LogP contribution is -2.12. The molecule has 0 saturated carbocycles. The molecular weight excluding hydrogens is 396 g/mol. The van der Waals surface area contributed by atoms with E-state index in [0.717, 1.165) is 4.47 Å². The topological polar surface area (TPSA) is 87.7 Å². The van der Waals surface area contributed by atoms with Crippen molar-refractivity contribution in [2.75, 3.05) is 0 Å². The Bertz CT molecular complexity index is 661. The molecule has 0 aliphatic rings. The number of hydrogen-bond acceptors (Lipinski definition) is 3. The van der Waals surface area contributed by atoms with Crippen molar-refractivity contribution in [2.24, 2.45) is 0 Å². The quantitative estimate of drug-likeness (QED) is 0.785. The first-order valence-corrected chi connectivity index (χ1v) is 7.27. The van der Waals surface area contributed by atoms with Gasteiger partial charge in [0.15, 0.2) is 0 Å². The van der Waals surface area contributed by atoms with Gasteiger partial charge in [0.1, 0.15) is 5.58 Å². The maximum Gasteiger partial charge on any atom is 0.303 e. The normalized spacial score (nSPS) is 11.2. The number of carboxylic acid groups (broad SMARTS) is 2. The van der Waals surface area contributed by atoms with E-state index >= 15 is 0 Å². The lowest BCUT2D eigenvalue weighted by molar-refractivity contribution is -0.139. The van der Waals surface area contributed by atoms with Crippen LogP contribution in [0.3, 0.4) is 0 Å². The fourth-order valence-corrected chi connectivity index (χ4v) is 3.81. The highest BCUT2D eigenvalue weighted by Gasteiger charge is 2.25. The van der Waals surface area contributed by atoms with E-state index in [-0.39, 0.29) is 12.8 Å². The zero-order chi connectivity index (χ0) is 14.9. The van der Waals surface area contributed by atoms with Crippen LogP contribution >= 0.6 is 31.9 Å². The van der Waals surface area contributed by atoms with Gasteiger partial charge in [-0.05, 0) is 33.6 Å². The maximum absolute atomic E-state index is 11.0. The molecule has 0 bridgehead atoms. The van der Waals surface area contributed by atoms with Gasteiger partial charge in [0.2, 0.25) is 0 Å². The third-order valence-corrected chi connectivity index (χ3v) is 4.18. The molecule has 2 rings (SSSR count). The average molecular weight is 406 g/mol. The standard InChI is InChI=1S/C13H10Br2O5/c14-8-5-9(15)13-7(1-2-20-13)12(8)6(3-10(16)17)4-11(18)19/h1-2,5-6H,3-4H2,(H,16,17)(H,18,19). The van der Waals surface area contributed by atoms with Gasteiger partial charge in [0, 0.05) is 15.8 Å². The van der Waals surface area contributed by atoms with Crippen molar-refractivity contribution in [2.45, 2.75) is 18.8 Å². The third-order valence-electron chi connectivity index (χ3n) is 2.93. The van der Waals surface area contributed by atoms with E-state index in [1.807, 2.05) is 0 Å². The lowest BCUT2D eigenvalue weighted by atomic mass is 9.90. The number of fused-ring (bicyclic) bond motifs is 1. The second kappa shape index (κ2) is 5.97. The highest BCUT2D eigenvalue weighted by Crippen LogP contribution is 2.40. The van der Waals surface area contributed by atoms with Crippen molar-refractivity contribution in [3.05, 3.63) is 32.9 Å². The van der Waals surface area contributed by atoms with Crippen LogP contribution in [0.1, 0.15) is 24.3 Å². The SMILES string of the molecule is O=C(O)CC(CC(=O)O)c1c(Br)cc(Br)c2occc12. The van der Waals surface area contributed by atoms with Crippen molar-refractivity contribution < 1.29 is 24.2 Å².